The van der Waals surface area contributed by atoms with Crippen LogP contribution in [0.3, 0.4) is 0 Å². The Labute approximate surface area is 152 Å². The minimum atomic E-state index is -0.432. The van der Waals surface area contributed by atoms with E-state index >= 15 is 0 Å². The molecular formula is C20H24N2O4. The van der Waals surface area contributed by atoms with Crippen LogP contribution in [0.5, 0.6) is 5.75 Å². The molecule has 3 rings (SSSR count). The van der Waals surface area contributed by atoms with Crippen LogP contribution in [-0.4, -0.2) is 37.0 Å². The van der Waals surface area contributed by atoms with Crippen LogP contribution in [0.2, 0.25) is 0 Å². The molecule has 2 unspecified atom stereocenters. The lowest BCUT2D eigenvalue weighted by atomic mass is 9.98. The maximum Gasteiger partial charge on any atom is 0.356 e. The van der Waals surface area contributed by atoms with Gasteiger partial charge in [0.2, 0.25) is 0 Å². The molecule has 6 nitrogen and oxygen atoms in total. The minimum Gasteiger partial charge on any atom is -0.489 e. The van der Waals surface area contributed by atoms with Crippen LogP contribution in [0, 0.1) is 0 Å². The number of carbonyl (C=O) groups is 1. The van der Waals surface area contributed by atoms with Crippen LogP contribution in [0.4, 0.5) is 0 Å². The van der Waals surface area contributed by atoms with Gasteiger partial charge in [-0.3, -0.25) is 0 Å². The number of rotatable bonds is 7. The highest BCUT2D eigenvalue weighted by molar-refractivity contribution is 6.36. The van der Waals surface area contributed by atoms with E-state index in [0.29, 0.717) is 31.8 Å². The van der Waals surface area contributed by atoms with Crippen LogP contribution in [0.1, 0.15) is 25.8 Å². The zero-order chi connectivity index (χ0) is 18.5. The third-order valence-electron chi connectivity index (χ3n) is 4.19. The molecule has 1 aliphatic rings. The predicted molar refractivity (Wildman–Crippen MR) is 100 cm³/mol. The van der Waals surface area contributed by atoms with E-state index in [1.807, 2.05) is 31.2 Å². The Morgan fingerprint density at radius 3 is 2.92 bits per heavy atom. The highest BCUT2D eigenvalue weighted by atomic mass is 16.7. The Balaban J connectivity index is 1.70. The van der Waals surface area contributed by atoms with Gasteiger partial charge in [0.15, 0.2) is 11.8 Å². The molecule has 0 aromatic heterocycles. The van der Waals surface area contributed by atoms with Crippen molar-refractivity contribution in [3.63, 3.8) is 0 Å². The number of nitrogens with zero attached hydrogens (tertiary/aromatic N) is 1. The topological polar surface area (TPSA) is 83.1 Å². The van der Waals surface area contributed by atoms with Gasteiger partial charge in [0.1, 0.15) is 12.4 Å². The summed E-state index contributed by atoms with van der Waals surface area (Å²) in [5, 5.41) is 6.10. The van der Waals surface area contributed by atoms with Gasteiger partial charge in [-0.15, -0.1) is 0 Å². The van der Waals surface area contributed by atoms with Crippen molar-refractivity contribution in [1.29, 1.82) is 0 Å². The Bertz CT molecular complexity index is 817. The number of nitrogens with two attached hydrogens (primary N) is 1. The lowest BCUT2D eigenvalue weighted by Gasteiger charge is -2.17. The first-order chi connectivity index (χ1) is 12.6. The maximum absolute atomic E-state index is 11.7. The molecule has 6 heteroatoms. The molecule has 0 bridgehead atoms. The summed E-state index contributed by atoms with van der Waals surface area (Å²) < 4.78 is 11.0. The third kappa shape index (κ3) is 4.14. The van der Waals surface area contributed by atoms with E-state index in [0.717, 1.165) is 22.1 Å². The molecule has 0 aliphatic carbocycles. The number of fused-ring (bicyclic) bond motifs is 1. The van der Waals surface area contributed by atoms with Crippen LogP contribution in [0.25, 0.3) is 10.8 Å². The predicted octanol–water partition coefficient (Wildman–Crippen LogP) is 2.82. The van der Waals surface area contributed by atoms with Crippen LogP contribution in [0.15, 0.2) is 41.6 Å². The Hall–Kier alpha value is -2.60. The molecular weight excluding hydrogens is 332 g/mol. The van der Waals surface area contributed by atoms with Gasteiger partial charge >= 0.3 is 5.97 Å². The van der Waals surface area contributed by atoms with E-state index in [9.17, 15) is 4.79 Å². The van der Waals surface area contributed by atoms with E-state index in [1.54, 1.807) is 6.92 Å². The number of carbonyl (C=O) groups excluding carboxylic acids is 1. The van der Waals surface area contributed by atoms with Crippen LogP contribution in [-0.2, 0) is 20.8 Å². The fourth-order valence-electron chi connectivity index (χ4n) is 3.02. The molecule has 0 radical (unpaired) electrons. The molecule has 1 heterocycles. The van der Waals surface area contributed by atoms with Gasteiger partial charge in [-0.1, -0.05) is 35.5 Å². The maximum atomic E-state index is 11.7. The van der Waals surface area contributed by atoms with Crippen molar-refractivity contribution in [2.45, 2.75) is 38.8 Å². The number of benzene rings is 2. The van der Waals surface area contributed by atoms with Crippen molar-refractivity contribution in [2.75, 3.05) is 13.2 Å². The number of hydrogen-bond donors (Lipinski definition) is 1. The second-order valence-corrected chi connectivity index (χ2v) is 6.45. The van der Waals surface area contributed by atoms with Crippen LogP contribution >= 0.6 is 0 Å². The van der Waals surface area contributed by atoms with Crippen molar-refractivity contribution in [3.8, 4) is 5.75 Å². The fourth-order valence-corrected chi connectivity index (χ4v) is 3.02. The van der Waals surface area contributed by atoms with E-state index in [4.69, 9.17) is 20.0 Å². The van der Waals surface area contributed by atoms with Crippen molar-refractivity contribution in [1.82, 2.24) is 0 Å². The summed E-state index contributed by atoms with van der Waals surface area (Å²) >= 11 is 0. The van der Waals surface area contributed by atoms with E-state index < -0.39 is 5.97 Å². The van der Waals surface area contributed by atoms with Gasteiger partial charge in [-0.25, -0.2) is 4.79 Å². The summed E-state index contributed by atoms with van der Waals surface area (Å²) in [7, 11) is 0. The first-order valence-electron chi connectivity index (χ1n) is 8.87. The second kappa shape index (κ2) is 8.19. The Morgan fingerprint density at radius 2 is 2.15 bits per heavy atom. The molecule has 0 amide bonds. The van der Waals surface area contributed by atoms with E-state index in [1.165, 1.54) is 0 Å². The first-order valence-corrected chi connectivity index (χ1v) is 8.87. The summed E-state index contributed by atoms with van der Waals surface area (Å²) in [6, 6.07) is 12.2. The molecule has 2 N–H and O–H groups in total. The van der Waals surface area contributed by atoms with Gasteiger partial charge in [0.05, 0.1) is 6.61 Å². The lowest BCUT2D eigenvalue weighted by molar-refractivity contribution is -0.135. The quantitative estimate of drug-likeness (QED) is 0.771. The van der Waals surface area contributed by atoms with Gasteiger partial charge in [0, 0.05) is 18.0 Å². The number of ether oxygens (including phenoxy) is 2. The molecule has 2 aromatic carbocycles. The SMILES string of the molecule is CCOC(=O)C1=NOC(COc2ccc3ccccc3c2CC(C)N)C1. The van der Waals surface area contributed by atoms with Gasteiger partial charge in [-0.2, -0.15) is 0 Å². The highest BCUT2D eigenvalue weighted by Gasteiger charge is 2.28. The van der Waals surface area contributed by atoms with E-state index in [2.05, 4.69) is 17.3 Å². The van der Waals surface area contributed by atoms with Crippen molar-refractivity contribution in [3.05, 3.63) is 42.0 Å². The molecule has 0 saturated carbocycles. The molecule has 26 heavy (non-hydrogen) atoms. The van der Waals surface area contributed by atoms with Crippen LogP contribution < -0.4 is 10.5 Å². The fraction of sp³-hybridized carbons (Fsp3) is 0.400. The molecule has 1 aliphatic heterocycles. The van der Waals surface area contributed by atoms with Crippen molar-refractivity contribution < 1.29 is 19.1 Å². The average Bonchev–Trinajstić information content (AvgIpc) is 3.10. The number of oxime groups is 1. The average molecular weight is 356 g/mol. The third-order valence-corrected chi connectivity index (χ3v) is 4.19. The number of esters is 1. The largest absolute Gasteiger partial charge is 0.489 e. The minimum absolute atomic E-state index is 0.0182. The Morgan fingerprint density at radius 1 is 1.35 bits per heavy atom. The molecule has 0 fully saturated rings. The van der Waals surface area contributed by atoms with Crippen molar-refractivity contribution >= 4 is 22.5 Å². The zero-order valence-electron chi connectivity index (χ0n) is 15.1. The highest BCUT2D eigenvalue weighted by Crippen LogP contribution is 2.29. The lowest BCUT2D eigenvalue weighted by Crippen LogP contribution is -2.23. The summed E-state index contributed by atoms with van der Waals surface area (Å²) in [6.07, 6.45) is 0.797. The van der Waals surface area contributed by atoms with Gasteiger partial charge in [-0.05, 0) is 37.1 Å². The molecule has 138 valence electrons. The summed E-state index contributed by atoms with van der Waals surface area (Å²) in [5.74, 6) is 0.354. The standard InChI is InChI=1S/C20H24N2O4/c1-3-24-20(23)18-11-15(26-22-18)12-25-19-9-8-14-6-4-5-7-16(14)17(19)10-13(2)21/h4-9,13,15H,3,10-12,21H2,1-2H3. The molecule has 0 spiro atoms. The normalized spacial score (nSPS) is 17.5. The summed E-state index contributed by atoms with van der Waals surface area (Å²) in [4.78, 5) is 17.0. The smallest absolute Gasteiger partial charge is 0.356 e. The van der Waals surface area contributed by atoms with E-state index in [-0.39, 0.29) is 12.1 Å². The zero-order valence-corrected chi connectivity index (χ0v) is 15.1. The summed E-state index contributed by atoms with van der Waals surface area (Å²) in [5.41, 5.74) is 7.42. The van der Waals surface area contributed by atoms with Gasteiger partial charge in [0.25, 0.3) is 0 Å². The second-order valence-electron chi connectivity index (χ2n) is 6.45. The van der Waals surface area contributed by atoms with Crippen molar-refractivity contribution in [2.24, 2.45) is 10.9 Å². The molecule has 2 aromatic rings. The molecule has 0 saturated heterocycles. The van der Waals surface area contributed by atoms with Gasteiger partial charge < -0.3 is 20.0 Å². The monoisotopic (exact) mass is 356 g/mol. The Kier molecular flexibility index (Phi) is 5.73. The molecule has 2 atom stereocenters. The summed E-state index contributed by atoms with van der Waals surface area (Å²) in [6.45, 7) is 4.35. The number of hydrogen-bond acceptors (Lipinski definition) is 6. The first kappa shape index (κ1) is 18.2.